The van der Waals surface area contributed by atoms with Crippen molar-refractivity contribution in [1.29, 1.82) is 0 Å². The van der Waals surface area contributed by atoms with E-state index >= 15 is 0 Å². The van der Waals surface area contributed by atoms with Crippen molar-refractivity contribution in [2.45, 2.75) is 20.0 Å². The van der Waals surface area contributed by atoms with Gasteiger partial charge in [-0.3, -0.25) is 0 Å². The number of nitrogen functional groups attached to an aromatic ring is 1. The van der Waals surface area contributed by atoms with E-state index in [0.29, 0.717) is 6.61 Å². The second-order valence-corrected chi connectivity index (χ2v) is 5.08. The van der Waals surface area contributed by atoms with Crippen LogP contribution in [-0.4, -0.2) is 30.7 Å². The third kappa shape index (κ3) is 3.70. The van der Waals surface area contributed by atoms with Gasteiger partial charge in [0.2, 0.25) is 5.95 Å². The van der Waals surface area contributed by atoms with Gasteiger partial charge in [-0.25, -0.2) is 4.98 Å². The second kappa shape index (κ2) is 6.54. The quantitative estimate of drug-likeness (QED) is 0.915. The van der Waals surface area contributed by atoms with E-state index < -0.39 is 0 Å². The Bertz CT molecular complexity index is 596. The third-order valence-corrected chi connectivity index (χ3v) is 3.28. The number of anilines is 2. The van der Waals surface area contributed by atoms with Crippen LogP contribution in [-0.2, 0) is 4.74 Å². The van der Waals surface area contributed by atoms with E-state index in [0.717, 1.165) is 22.6 Å². The van der Waals surface area contributed by atoms with Crippen molar-refractivity contribution in [1.82, 2.24) is 9.97 Å². The molecule has 0 aliphatic heterocycles. The summed E-state index contributed by atoms with van der Waals surface area (Å²) >= 11 is 0. The molecule has 0 radical (unpaired) electrons. The molecule has 1 aromatic heterocycles. The largest absolute Gasteiger partial charge is 0.374 e. The summed E-state index contributed by atoms with van der Waals surface area (Å²) < 4.78 is 5.59. The number of ether oxygens (including phenoxy) is 1. The van der Waals surface area contributed by atoms with Gasteiger partial charge in [0, 0.05) is 32.3 Å². The number of aromatic nitrogens is 2. The molecule has 0 fully saturated rings. The van der Waals surface area contributed by atoms with Crippen molar-refractivity contribution in [3.8, 4) is 11.3 Å². The number of rotatable bonds is 5. The molecule has 0 saturated carbocycles. The smallest absolute Gasteiger partial charge is 0.222 e. The molecule has 21 heavy (non-hydrogen) atoms. The molecule has 112 valence electrons. The molecule has 0 aliphatic carbocycles. The predicted molar refractivity (Wildman–Crippen MR) is 86.2 cm³/mol. The first kappa shape index (κ1) is 15.3. The standard InChI is InChI=1S/C16H22N4O/c1-5-21-11(2)12-6-8-13(9-7-12)14-10-15(20(3)4)19-16(17)18-14/h6-11H,5H2,1-4H3,(H2,17,18,19)/t11-/m0/s1. The summed E-state index contributed by atoms with van der Waals surface area (Å²) in [6.45, 7) is 4.75. The number of nitrogens with zero attached hydrogens (tertiary/aromatic N) is 3. The van der Waals surface area contributed by atoms with Crippen molar-refractivity contribution in [2.75, 3.05) is 31.3 Å². The Balaban J connectivity index is 2.30. The average molecular weight is 286 g/mol. The molecule has 1 aromatic carbocycles. The second-order valence-electron chi connectivity index (χ2n) is 5.08. The van der Waals surface area contributed by atoms with Crippen LogP contribution in [0.2, 0.25) is 0 Å². The van der Waals surface area contributed by atoms with Crippen LogP contribution in [0.4, 0.5) is 11.8 Å². The maximum Gasteiger partial charge on any atom is 0.222 e. The zero-order valence-electron chi connectivity index (χ0n) is 13.0. The Labute approximate surface area is 125 Å². The van der Waals surface area contributed by atoms with Crippen molar-refractivity contribution in [3.63, 3.8) is 0 Å². The molecular formula is C16H22N4O. The maximum absolute atomic E-state index is 5.78. The fourth-order valence-corrected chi connectivity index (χ4v) is 2.10. The van der Waals surface area contributed by atoms with Gasteiger partial charge in [-0.1, -0.05) is 24.3 Å². The van der Waals surface area contributed by atoms with E-state index in [2.05, 4.69) is 22.1 Å². The van der Waals surface area contributed by atoms with Crippen LogP contribution in [0.5, 0.6) is 0 Å². The molecule has 1 heterocycles. The highest BCUT2D eigenvalue weighted by Crippen LogP contribution is 2.24. The van der Waals surface area contributed by atoms with Gasteiger partial charge in [-0.2, -0.15) is 4.98 Å². The van der Waals surface area contributed by atoms with Gasteiger partial charge in [-0.15, -0.1) is 0 Å². The summed E-state index contributed by atoms with van der Waals surface area (Å²) in [5.41, 5.74) is 8.77. The van der Waals surface area contributed by atoms with Gasteiger partial charge in [0.1, 0.15) is 5.82 Å². The molecule has 0 spiro atoms. The minimum atomic E-state index is 0.0943. The Kier molecular flexibility index (Phi) is 4.75. The van der Waals surface area contributed by atoms with Crippen LogP contribution in [0, 0.1) is 0 Å². The molecule has 0 unspecified atom stereocenters. The maximum atomic E-state index is 5.78. The van der Waals surface area contributed by atoms with Crippen LogP contribution in [0.1, 0.15) is 25.5 Å². The van der Waals surface area contributed by atoms with Gasteiger partial charge in [0.05, 0.1) is 11.8 Å². The van der Waals surface area contributed by atoms with Crippen LogP contribution < -0.4 is 10.6 Å². The SMILES string of the molecule is CCO[C@@H](C)c1ccc(-c2cc(N(C)C)nc(N)n2)cc1. The van der Waals surface area contributed by atoms with E-state index in [-0.39, 0.29) is 12.1 Å². The third-order valence-electron chi connectivity index (χ3n) is 3.28. The summed E-state index contributed by atoms with van der Waals surface area (Å²) in [6.07, 6.45) is 0.0943. The van der Waals surface area contributed by atoms with Crippen LogP contribution in [0.3, 0.4) is 0 Å². The highest BCUT2D eigenvalue weighted by Gasteiger charge is 2.08. The molecule has 0 bridgehead atoms. The Morgan fingerprint density at radius 2 is 1.86 bits per heavy atom. The molecule has 0 amide bonds. The highest BCUT2D eigenvalue weighted by atomic mass is 16.5. The first-order chi connectivity index (χ1) is 10.0. The van der Waals surface area contributed by atoms with Gasteiger partial charge in [-0.05, 0) is 19.4 Å². The molecule has 0 aliphatic rings. The van der Waals surface area contributed by atoms with Gasteiger partial charge >= 0.3 is 0 Å². The van der Waals surface area contributed by atoms with Crippen molar-refractivity contribution in [2.24, 2.45) is 0 Å². The minimum absolute atomic E-state index is 0.0943. The molecule has 2 aromatic rings. The number of nitrogens with two attached hydrogens (primary N) is 1. The summed E-state index contributed by atoms with van der Waals surface area (Å²) in [5.74, 6) is 1.08. The molecule has 2 rings (SSSR count). The van der Waals surface area contributed by atoms with E-state index in [1.807, 2.05) is 51.0 Å². The lowest BCUT2D eigenvalue weighted by Gasteiger charge is -2.14. The van der Waals surface area contributed by atoms with E-state index in [1.54, 1.807) is 0 Å². The fraction of sp³-hybridized carbons (Fsp3) is 0.375. The predicted octanol–water partition coefficient (Wildman–Crippen LogP) is 2.89. The van der Waals surface area contributed by atoms with Gasteiger partial charge in [0.15, 0.2) is 0 Å². The first-order valence-electron chi connectivity index (χ1n) is 7.05. The lowest BCUT2D eigenvalue weighted by molar-refractivity contribution is 0.0764. The zero-order valence-corrected chi connectivity index (χ0v) is 13.0. The van der Waals surface area contributed by atoms with E-state index in [4.69, 9.17) is 10.5 Å². The van der Waals surface area contributed by atoms with Crippen molar-refractivity contribution < 1.29 is 4.74 Å². The average Bonchev–Trinajstić information content (AvgIpc) is 2.47. The Morgan fingerprint density at radius 3 is 2.43 bits per heavy atom. The Morgan fingerprint density at radius 1 is 1.19 bits per heavy atom. The number of hydrogen-bond donors (Lipinski definition) is 1. The summed E-state index contributed by atoms with van der Waals surface area (Å²) in [6, 6.07) is 10.1. The monoisotopic (exact) mass is 286 g/mol. The molecule has 5 nitrogen and oxygen atoms in total. The van der Waals surface area contributed by atoms with Crippen molar-refractivity contribution >= 4 is 11.8 Å². The molecule has 5 heteroatoms. The summed E-state index contributed by atoms with van der Waals surface area (Å²) in [5, 5.41) is 0. The highest BCUT2D eigenvalue weighted by molar-refractivity contribution is 5.64. The number of hydrogen-bond acceptors (Lipinski definition) is 5. The van der Waals surface area contributed by atoms with E-state index in [9.17, 15) is 0 Å². The normalized spacial score (nSPS) is 12.2. The van der Waals surface area contributed by atoms with Crippen LogP contribution in [0.15, 0.2) is 30.3 Å². The van der Waals surface area contributed by atoms with Crippen LogP contribution in [0.25, 0.3) is 11.3 Å². The fourth-order valence-electron chi connectivity index (χ4n) is 2.10. The zero-order chi connectivity index (χ0) is 15.4. The minimum Gasteiger partial charge on any atom is -0.374 e. The summed E-state index contributed by atoms with van der Waals surface area (Å²) in [7, 11) is 3.86. The molecule has 0 saturated heterocycles. The lowest BCUT2D eigenvalue weighted by atomic mass is 10.1. The lowest BCUT2D eigenvalue weighted by Crippen LogP contribution is -2.12. The Hall–Kier alpha value is -2.14. The summed E-state index contributed by atoms with van der Waals surface area (Å²) in [4.78, 5) is 10.4. The van der Waals surface area contributed by atoms with Crippen LogP contribution >= 0.6 is 0 Å². The van der Waals surface area contributed by atoms with Crippen molar-refractivity contribution in [3.05, 3.63) is 35.9 Å². The molecule has 2 N–H and O–H groups in total. The van der Waals surface area contributed by atoms with Gasteiger partial charge in [0.25, 0.3) is 0 Å². The first-order valence-corrected chi connectivity index (χ1v) is 7.05. The molecule has 1 atom stereocenters. The topological polar surface area (TPSA) is 64.3 Å². The van der Waals surface area contributed by atoms with Gasteiger partial charge < -0.3 is 15.4 Å². The number of benzene rings is 1. The molecular weight excluding hydrogens is 264 g/mol. The van der Waals surface area contributed by atoms with E-state index in [1.165, 1.54) is 0 Å².